The van der Waals surface area contributed by atoms with Crippen LogP contribution in [0.4, 0.5) is 19.0 Å². The second-order valence-electron chi connectivity index (χ2n) is 6.90. The highest BCUT2D eigenvalue weighted by molar-refractivity contribution is 7.89. The van der Waals surface area contributed by atoms with E-state index in [9.17, 15) is 21.6 Å². The molecule has 1 saturated heterocycles. The Morgan fingerprint density at radius 3 is 2.13 bits per heavy atom. The molecule has 1 aliphatic rings. The topological polar surface area (TPSA) is 79.3 Å². The Hall–Kier alpha value is -3.05. The van der Waals surface area contributed by atoms with Crippen molar-refractivity contribution in [3.05, 3.63) is 66.5 Å². The van der Waals surface area contributed by atoms with Crippen molar-refractivity contribution in [3.63, 3.8) is 0 Å². The van der Waals surface area contributed by atoms with Crippen LogP contribution in [0, 0.1) is 0 Å². The summed E-state index contributed by atoms with van der Waals surface area (Å²) in [4.78, 5) is 5.08. The first-order chi connectivity index (χ1) is 14.8. The van der Waals surface area contributed by atoms with Gasteiger partial charge >= 0.3 is 6.18 Å². The summed E-state index contributed by atoms with van der Waals surface area (Å²) in [5, 5.41) is 8.41. The minimum atomic E-state index is -4.75. The summed E-state index contributed by atoms with van der Waals surface area (Å²) in [6.07, 6.45) is -1.44. The Morgan fingerprint density at radius 2 is 1.52 bits per heavy atom. The molecule has 7 nitrogen and oxygen atoms in total. The average molecular weight is 449 g/mol. The molecule has 162 valence electrons. The predicted molar refractivity (Wildman–Crippen MR) is 108 cm³/mol. The summed E-state index contributed by atoms with van der Waals surface area (Å²) < 4.78 is 66.6. The van der Waals surface area contributed by atoms with Crippen LogP contribution in [0.15, 0.2) is 65.8 Å². The molecule has 0 spiro atoms. The fourth-order valence-electron chi connectivity index (χ4n) is 3.39. The summed E-state index contributed by atoms with van der Waals surface area (Å²) in [6, 6.07) is 11.5. The van der Waals surface area contributed by atoms with E-state index in [1.165, 1.54) is 12.1 Å². The lowest BCUT2D eigenvalue weighted by molar-refractivity contribution is -0.139. The fraction of sp³-hybridized carbons (Fsp3) is 0.250. The van der Waals surface area contributed by atoms with Crippen LogP contribution in [0.5, 0.6) is 0 Å². The van der Waals surface area contributed by atoms with Crippen LogP contribution in [0.3, 0.4) is 0 Å². The van der Waals surface area contributed by atoms with Gasteiger partial charge in [-0.05, 0) is 36.4 Å². The molecule has 0 aliphatic carbocycles. The van der Waals surface area contributed by atoms with Gasteiger partial charge in [-0.1, -0.05) is 12.1 Å². The second-order valence-corrected chi connectivity index (χ2v) is 8.80. The molecule has 0 unspecified atom stereocenters. The number of benzene rings is 1. The van der Waals surface area contributed by atoms with Gasteiger partial charge < -0.3 is 4.90 Å². The van der Waals surface area contributed by atoms with Crippen LogP contribution in [0.2, 0.25) is 0 Å². The molecule has 0 atom stereocenters. The van der Waals surface area contributed by atoms with Crippen LogP contribution in [-0.2, 0) is 16.2 Å². The van der Waals surface area contributed by atoms with Crippen LogP contribution >= 0.6 is 0 Å². The first kappa shape index (κ1) is 21.2. The van der Waals surface area contributed by atoms with Crippen molar-refractivity contribution in [2.45, 2.75) is 11.1 Å². The van der Waals surface area contributed by atoms with Gasteiger partial charge in [-0.25, -0.2) is 8.42 Å². The zero-order valence-corrected chi connectivity index (χ0v) is 17.0. The van der Waals surface area contributed by atoms with E-state index < -0.39 is 26.7 Å². The maximum absolute atomic E-state index is 13.3. The van der Waals surface area contributed by atoms with Crippen LogP contribution in [-0.4, -0.2) is 54.1 Å². The number of alkyl halides is 3. The van der Waals surface area contributed by atoms with Gasteiger partial charge in [0.25, 0.3) is 0 Å². The Labute approximate surface area is 177 Å². The SMILES string of the molecule is O=S(=O)(c1ccccc1C(F)(F)F)N1CCN(c2ccc(-c3ccncc3)nn2)CC1. The van der Waals surface area contributed by atoms with Gasteiger partial charge in [0.2, 0.25) is 10.0 Å². The van der Waals surface area contributed by atoms with E-state index in [-0.39, 0.29) is 26.2 Å². The zero-order valence-electron chi connectivity index (χ0n) is 16.2. The van der Waals surface area contributed by atoms with Crippen molar-refractivity contribution >= 4 is 15.8 Å². The van der Waals surface area contributed by atoms with Gasteiger partial charge in [0.15, 0.2) is 5.82 Å². The second kappa shape index (κ2) is 8.23. The molecule has 0 N–H and O–H groups in total. The fourth-order valence-corrected chi connectivity index (χ4v) is 5.03. The van der Waals surface area contributed by atoms with Crippen molar-refractivity contribution in [1.29, 1.82) is 0 Å². The number of halogens is 3. The molecule has 0 radical (unpaired) electrons. The molecule has 31 heavy (non-hydrogen) atoms. The summed E-state index contributed by atoms with van der Waals surface area (Å²) in [5.41, 5.74) is 0.388. The van der Waals surface area contributed by atoms with Crippen molar-refractivity contribution in [2.75, 3.05) is 31.1 Å². The number of sulfonamides is 1. The first-order valence-corrected chi connectivity index (χ1v) is 10.9. The number of hydrogen-bond donors (Lipinski definition) is 0. The number of pyridine rings is 1. The molecule has 1 aliphatic heterocycles. The Balaban J connectivity index is 1.48. The highest BCUT2D eigenvalue weighted by Crippen LogP contribution is 2.35. The molecule has 3 aromatic rings. The van der Waals surface area contributed by atoms with E-state index in [0.717, 1.165) is 22.0 Å². The third-order valence-electron chi connectivity index (χ3n) is 5.00. The third-order valence-corrected chi connectivity index (χ3v) is 6.96. The van der Waals surface area contributed by atoms with E-state index in [1.54, 1.807) is 24.5 Å². The number of rotatable bonds is 4. The lowest BCUT2D eigenvalue weighted by Crippen LogP contribution is -2.49. The highest BCUT2D eigenvalue weighted by atomic mass is 32.2. The van der Waals surface area contributed by atoms with Crippen LogP contribution in [0.25, 0.3) is 11.3 Å². The number of aromatic nitrogens is 3. The molecule has 11 heteroatoms. The number of nitrogens with zero attached hydrogens (tertiary/aromatic N) is 5. The van der Waals surface area contributed by atoms with Gasteiger partial charge in [-0.15, -0.1) is 10.2 Å². The van der Waals surface area contributed by atoms with Crippen LogP contribution in [0.1, 0.15) is 5.56 Å². The van der Waals surface area contributed by atoms with Crippen LogP contribution < -0.4 is 4.90 Å². The standard InChI is InChI=1S/C20H18F3N5O2S/c21-20(22,23)16-3-1-2-4-18(16)31(29,30)28-13-11-27(12-14-28)19-6-5-17(25-26-19)15-7-9-24-10-8-15/h1-10H,11-14H2. The van der Waals surface area contributed by atoms with Crippen molar-refractivity contribution < 1.29 is 21.6 Å². The normalized spacial score (nSPS) is 15.8. The van der Waals surface area contributed by atoms with Crippen molar-refractivity contribution in [2.24, 2.45) is 0 Å². The number of piperazine rings is 1. The van der Waals surface area contributed by atoms with Crippen molar-refractivity contribution in [3.8, 4) is 11.3 Å². The van der Waals surface area contributed by atoms with Gasteiger partial charge in [0.05, 0.1) is 16.2 Å². The van der Waals surface area contributed by atoms with E-state index >= 15 is 0 Å². The lowest BCUT2D eigenvalue weighted by Gasteiger charge is -2.34. The van der Waals surface area contributed by atoms with Gasteiger partial charge in [0.1, 0.15) is 0 Å². The molecule has 1 aromatic carbocycles. The van der Waals surface area contributed by atoms with Crippen molar-refractivity contribution in [1.82, 2.24) is 19.5 Å². The molecule has 0 saturated carbocycles. The molecular formula is C20H18F3N5O2S. The summed E-state index contributed by atoms with van der Waals surface area (Å²) in [6.45, 7) is 0.665. The van der Waals surface area contributed by atoms with E-state index in [1.807, 2.05) is 17.0 Å². The zero-order chi connectivity index (χ0) is 22.1. The Bertz CT molecular complexity index is 1150. The third kappa shape index (κ3) is 4.37. The number of anilines is 1. The smallest absolute Gasteiger partial charge is 0.352 e. The maximum atomic E-state index is 13.3. The van der Waals surface area contributed by atoms with E-state index in [4.69, 9.17) is 0 Å². The predicted octanol–water partition coefficient (Wildman–Crippen LogP) is 3.07. The van der Waals surface area contributed by atoms with Gasteiger partial charge in [-0.3, -0.25) is 4.98 Å². The van der Waals surface area contributed by atoms with Gasteiger partial charge in [0, 0.05) is 44.1 Å². The Kier molecular flexibility index (Phi) is 5.63. The average Bonchev–Trinajstić information content (AvgIpc) is 2.79. The molecule has 3 heterocycles. The monoisotopic (exact) mass is 449 g/mol. The lowest BCUT2D eigenvalue weighted by atomic mass is 10.2. The quantitative estimate of drug-likeness (QED) is 0.609. The molecule has 0 bridgehead atoms. The van der Waals surface area contributed by atoms with E-state index in [2.05, 4.69) is 15.2 Å². The van der Waals surface area contributed by atoms with Gasteiger partial charge in [-0.2, -0.15) is 17.5 Å². The molecular weight excluding hydrogens is 431 g/mol. The first-order valence-electron chi connectivity index (χ1n) is 9.42. The minimum Gasteiger partial charge on any atom is -0.352 e. The maximum Gasteiger partial charge on any atom is 0.417 e. The van der Waals surface area contributed by atoms with E-state index in [0.29, 0.717) is 11.5 Å². The molecule has 2 aromatic heterocycles. The highest BCUT2D eigenvalue weighted by Gasteiger charge is 2.39. The molecule has 0 amide bonds. The summed E-state index contributed by atoms with van der Waals surface area (Å²) in [5.74, 6) is 0.575. The Morgan fingerprint density at radius 1 is 0.839 bits per heavy atom. The molecule has 1 fully saturated rings. The summed E-state index contributed by atoms with van der Waals surface area (Å²) in [7, 11) is -4.28. The largest absolute Gasteiger partial charge is 0.417 e. The number of hydrogen-bond acceptors (Lipinski definition) is 6. The molecule has 4 rings (SSSR count). The minimum absolute atomic E-state index is 0.0440. The summed E-state index contributed by atoms with van der Waals surface area (Å²) >= 11 is 0.